The summed E-state index contributed by atoms with van der Waals surface area (Å²) in [6, 6.07) is 3.76. The number of likely N-dealkylation sites (N-methyl/N-ethyl adjacent to an activating group) is 1. The summed E-state index contributed by atoms with van der Waals surface area (Å²) < 4.78 is 11.2. The largest absolute Gasteiger partial charge is 0.476 e. The molecule has 106 valence electrons. The molecular formula is C14H23N3O2. The van der Waals surface area contributed by atoms with Crippen molar-refractivity contribution in [2.24, 2.45) is 0 Å². The fourth-order valence-corrected chi connectivity index (χ4v) is 2.26. The van der Waals surface area contributed by atoms with Crippen LogP contribution in [0.3, 0.4) is 0 Å². The topological polar surface area (TPSA) is 60.6 Å². The molecule has 1 aromatic heterocycles. The highest BCUT2D eigenvalue weighted by molar-refractivity contribution is 5.54. The van der Waals surface area contributed by atoms with Gasteiger partial charge in [0.05, 0.1) is 18.4 Å². The highest BCUT2D eigenvalue weighted by Gasteiger charge is 2.17. The van der Waals surface area contributed by atoms with Crippen LogP contribution in [0.15, 0.2) is 12.1 Å². The van der Waals surface area contributed by atoms with Crippen molar-refractivity contribution in [3.05, 3.63) is 12.1 Å². The highest BCUT2D eigenvalue weighted by Crippen LogP contribution is 2.23. The van der Waals surface area contributed by atoms with Gasteiger partial charge >= 0.3 is 0 Å². The summed E-state index contributed by atoms with van der Waals surface area (Å²) in [7, 11) is 2.02. The summed E-state index contributed by atoms with van der Waals surface area (Å²) in [5.74, 6) is 1.38. The highest BCUT2D eigenvalue weighted by atomic mass is 16.5. The molecule has 2 rings (SSSR count). The summed E-state index contributed by atoms with van der Waals surface area (Å²) in [6.07, 6.45) is 3.85. The molecule has 1 unspecified atom stereocenters. The van der Waals surface area contributed by atoms with Crippen LogP contribution in [0.5, 0.6) is 5.88 Å². The molecular weight excluding hydrogens is 242 g/mol. The normalized spacial score (nSPS) is 19.2. The maximum atomic E-state index is 5.83. The summed E-state index contributed by atoms with van der Waals surface area (Å²) in [5, 5.41) is 0. The average Bonchev–Trinajstić information content (AvgIpc) is 2.42. The van der Waals surface area contributed by atoms with E-state index in [4.69, 9.17) is 15.2 Å². The number of pyridine rings is 1. The Bertz CT molecular complexity index is 406. The van der Waals surface area contributed by atoms with Crippen molar-refractivity contribution >= 4 is 11.5 Å². The van der Waals surface area contributed by atoms with Crippen molar-refractivity contribution in [2.45, 2.75) is 32.3 Å². The van der Waals surface area contributed by atoms with Gasteiger partial charge in [-0.05, 0) is 38.3 Å². The molecule has 0 radical (unpaired) electrons. The van der Waals surface area contributed by atoms with E-state index in [1.807, 2.05) is 26.1 Å². The Balaban J connectivity index is 2.01. The third-order valence-electron chi connectivity index (χ3n) is 3.30. The summed E-state index contributed by atoms with van der Waals surface area (Å²) in [6.45, 7) is 4.21. The lowest BCUT2D eigenvalue weighted by Crippen LogP contribution is -2.33. The first-order valence-corrected chi connectivity index (χ1v) is 6.92. The van der Waals surface area contributed by atoms with E-state index in [0.717, 1.165) is 25.4 Å². The maximum Gasteiger partial charge on any atom is 0.239 e. The smallest absolute Gasteiger partial charge is 0.239 e. The van der Waals surface area contributed by atoms with E-state index in [9.17, 15) is 0 Å². The lowest BCUT2D eigenvalue weighted by molar-refractivity contribution is 0.0215. The van der Waals surface area contributed by atoms with Crippen molar-refractivity contribution < 1.29 is 9.47 Å². The predicted octanol–water partition coefficient (Wildman–Crippen LogP) is 2.07. The van der Waals surface area contributed by atoms with Crippen molar-refractivity contribution in [3.63, 3.8) is 0 Å². The second-order valence-electron chi connectivity index (χ2n) is 4.87. The van der Waals surface area contributed by atoms with Gasteiger partial charge in [-0.1, -0.05) is 0 Å². The van der Waals surface area contributed by atoms with Gasteiger partial charge in [-0.2, -0.15) is 4.98 Å². The first-order chi connectivity index (χ1) is 9.20. The zero-order valence-electron chi connectivity index (χ0n) is 11.8. The van der Waals surface area contributed by atoms with Gasteiger partial charge in [-0.3, -0.25) is 0 Å². The number of rotatable bonds is 5. The molecule has 1 fully saturated rings. The lowest BCUT2D eigenvalue weighted by Gasteiger charge is -2.28. The Morgan fingerprint density at radius 1 is 1.47 bits per heavy atom. The number of nitrogens with zero attached hydrogens (tertiary/aromatic N) is 2. The Hall–Kier alpha value is -1.49. The predicted molar refractivity (Wildman–Crippen MR) is 76.7 cm³/mol. The average molecular weight is 265 g/mol. The summed E-state index contributed by atoms with van der Waals surface area (Å²) in [4.78, 5) is 6.55. The standard InChI is InChI=1S/C14H23N3O2/c1-3-18-14-12(15)7-8-13(16-14)17(2)10-11-6-4-5-9-19-11/h7-8,11H,3-6,9-10,15H2,1-2H3. The molecule has 0 bridgehead atoms. The van der Waals surface area contributed by atoms with Gasteiger partial charge < -0.3 is 20.1 Å². The van der Waals surface area contributed by atoms with Gasteiger partial charge in [-0.15, -0.1) is 0 Å². The fraction of sp³-hybridized carbons (Fsp3) is 0.643. The molecule has 0 spiro atoms. The number of hydrogen-bond donors (Lipinski definition) is 1. The summed E-state index contributed by atoms with van der Waals surface area (Å²) in [5.41, 5.74) is 6.41. The van der Waals surface area contributed by atoms with Crippen LogP contribution < -0.4 is 15.4 Å². The minimum absolute atomic E-state index is 0.300. The Labute approximate surface area is 114 Å². The lowest BCUT2D eigenvalue weighted by atomic mass is 10.1. The molecule has 2 N–H and O–H groups in total. The van der Waals surface area contributed by atoms with Gasteiger partial charge in [0.1, 0.15) is 5.82 Å². The Morgan fingerprint density at radius 3 is 3.00 bits per heavy atom. The Morgan fingerprint density at radius 2 is 2.32 bits per heavy atom. The number of nitrogen functional groups attached to an aromatic ring is 1. The number of hydrogen-bond acceptors (Lipinski definition) is 5. The zero-order valence-corrected chi connectivity index (χ0v) is 11.8. The third kappa shape index (κ3) is 3.73. The van der Waals surface area contributed by atoms with Crippen LogP contribution in [-0.4, -0.2) is 37.9 Å². The zero-order chi connectivity index (χ0) is 13.7. The Kier molecular flexibility index (Phi) is 4.85. The molecule has 2 heterocycles. The monoisotopic (exact) mass is 265 g/mol. The first-order valence-electron chi connectivity index (χ1n) is 6.92. The number of ether oxygens (including phenoxy) is 2. The SMILES string of the molecule is CCOc1nc(N(C)CC2CCCCO2)ccc1N. The van der Waals surface area contributed by atoms with Gasteiger partial charge in [0, 0.05) is 20.2 Å². The van der Waals surface area contributed by atoms with E-state index >= 15 is 0 Å². The van der Waals surface area contributed by atoms with Crippen molar-refractivity contribution in [2.75, 3.05) is 37.4 Å². The molecule has 0 saturated carbocycles. The van der Waals surface area contributed by atoms with Crippen LogP contribution >= 0.6 is 0 Å². The van der Waals surface area contributed by atoms with Crippen molar-refractivity contribution in [1.29, 1.82) is 0 Å². The van der Waals surface area contributed by atoms with Crippen LogP contribution in [0.4, 0.5) is 11.5 Å². The molecule has 5 heteroatoms. The van der Waals surface area contributed by atoms with Crippen LogP contribution in [0.25, 0.3) is 0 Å². The van der Waals surface area contributed by atoms with Crippen LogP contribution in [0, 0.1) is 0 Å². The van der Waals surface area contributed by atoms with Gasteiger partial charge in [0.25, 0.3) is 0 Å². The first kappa shape index (κ1) is 13.9. The summed E-state index contributed by atoms with van der Waals surface area (Å²) >= 11 is 0. The maximum absolute atomic E-state index is 5.83. The molecule has 5 nitrogen and oxygen atoms in total. The molecule has 1 aliphatic heterocycles. The van der Waals surface area contributed by atoms with Crippen LogP contribution in [-0.2, 0) is 4.74 Å². The van der Waals surface area contributed by atoms with E-state index in [1.54, 1.807) is 0 Å². The number of anilines is 2. The van der Waals surface area contributed by atoms with Crippen molar-refractivity contribution in [1.82, 2.24) is 4.98 Å². The minimum atomic E-state index is 0.300. The molecule has 0 aromatic carbocycles. The molecule has 1 saturated heterocycles. The second kappa shape index (κ2) is 6.61. The van der Waals surface area contributed by atoms with Gasteiger partial charge in [0.2, 0.25) is 5.88 Å². The van der Waals surface area contributed by atoms with Crippen molar-refractivity contribution in [3.8, 4) is 5.88 Å². The molecule has 0 aliphatic carbocycles. The molecule has 19 heavy (non-hydrogen) atoms. The van der Waals surface area contributed by atoms with E-state index in [0.29, 0.717) is 24.3 Å². The number of aromatic nitrogens is 1. The van der Waals surface area contributed by atoms with Gasteiger partial charge in [0.15, 0.2) is 0 Å². The van der Waals surface area contributed by atoms with Crippen LogP contribution in [0.2, 0.25) is 0 Å². The van der Waals surface area contributed by atoms with E-state index in [2.05, 4.69) is 9.88 Å². The molecule has 1 aromatic rings. The number of nitrogens with two attached hydrogens (primary N) is 1. The molecule has 1 aliphatic rings. The van der Waals surface area contributed by atoms with Gasteiger partial charge in [-0.25, -0.2) is 0 Å². The quantitative estimate of drug-likeness (QED) is 0.883. The van der Waals surface area contributed by atoms with E-state index in [-0.39, 0.29) is 0 Å². The molecule has 1 atom stereocenters. The third-order valence-corrected chi connectivity index (χ3v) is 3.30. The van der Waals surface area contributed by atoms with E-state index in [1.165, 1.54) is 12.8 Å². The fourth-order valence-electron chi connectivity index (χ4n) is 2.26. The second-order valence-corrected chi connectivity index (χ2v) is 4.87. The van der Waals surface area contributed by atoms with Crippen LogP contribution in [0.1, 0.15) is 26.2 Å². The van der Waals surface area contributed by atoms with E-state index < -0.39 is 0 Å². The molecule has 0 amide bonds. The minimum Gasteiger partial charge on any atom is -0.476 e.